The smallest absolute Gasteiger partial charge is 0.213 e. The van der Waals surface area contributed by atoms with Gasteiger partial charge in [0.1, 0.15) is 0 Å². The van der Waals surface area contributed by atoms with Crippen LogP contribution in [0.5, 0.6) is 0 Å². The van der Waals surface area contributed by atoms with Crippen LogP contribution in [0.15, 0.2) is 29.3 Å². The fraction of sp³-hybridized carbons (Fsp3) is 0.632. The summed E-state index contributed by atoms with van der Waals surface area (Å²) in [6.07, 6.45) is 4.04. The number of hydrogen-bond donors (Lipinski definition) is 2. The molecule has 0 spiro atoms. The highest BCUT2D eigenvalue weighted by atomic mass is 127. The summed E-state index contributed by atoms with van der Waals surface area (Å²) in [5, 5.41) is 3.28. The van der Waals surface area contributed by atoms with Crippen molar-refractivity contribution in [2.75, 3.05) is 43.4 Å². The summed E-state index contributed by atoms with van der Waals surface area (Å²) in [6, 6.07) is 8.27. The molecule has 1 fully saturated rings. The van der Waals surface area contributed by atoms with Crippen molar-refractivity contribution in [1.29, 1.82) is 0 Å². The molecular weight excluding hydrogens is 491 g/mol. The Hall–Kier alpha value is -0.910. The third-order valence-corrected chi connectivity index (χ3v) is 6.23. The van der Waals surface area contributed by atoms with Gasteiger partial charge in [-0.15, -0.1) is 24.0 Å². The molecule has 28 heavy (non-hydrogen) atoms. The molecule has 0 amide bonds. The van der Waals surface area contributed by atoms with Crippen molar-refractivity contribution < 1.29 is 13.2 Å². The summed E-state index contributed by atoms with van der Waals surface area (Å²) >= 11 is 0. The minimum atomic E-state index is -3.36. The van der Waals surface area contributed by atoms with Gasteiger partial charge in [-0.05, 0) is 44.2 Å². The van der Waals surface area contributed by atoms with Gasteiger partial charge in [-0.2, -0.15) is 0 Å². The van der Waals surface area contributed by atoms with Crippen LogP contribution in [-0.2, 0) is 21.2 Å². The predicted octanol–water partition coefficient (Wildman–Crippen LogP) is 2.12. The van der Waals surface area contributed by atoms with Gasteiger partial charge in [0.15, 0.2) is 5.96 Å². The lowest BCUT2D eigenvalue weighted by Gasteiger charge is -2.23. The number of rotatable bonds is 7. The molecule has 0 aliphatic carbocycles. The van der Waals surface area contributed by atoms with Crippen LogP contribution in [0.3, 0.4) is 0 Å². The highest BCUT2D eigenvalue weighted by Gasteiger charge is 2.23. The molecule has 1 aromatic carbocycles. The fourth-order valence-electron chi connectivity index (χ4n) is 3.49. The van der Waals surface area contributed by atoms with Crippen LogP contribution in [0.25, 0.3) is 0 Å². The van der Waals surface area contributed by atoms with Crippen molar-refractivity contribution in [3.8, 4) is 0 Å². The van der Waals surface area contributed by atoms with Crippen LogP contribution in [0.1, 0.15) is 31.7 Å². The lowest BCUT2D eigenvalue weighted by Crippen LogP contribution is -2.41. The van der Waals surface area contributed by atoms with Crippen LogP contribution in [0.4, 0.5) is 5.69 Å². The van der Waals surface area contributed by atoms with Gasteiger partial charge in [-0.3, -0.25) is 4.99 Å². The minimum absolute atomic E-state index is 0. The Labute approximate surface area is 185 Å². The quantitative estimate of drug-likeness (QED) is 0.326. The first-order valence-electron chi connectivity index (χ1n) is 9.82. The van der Waals surface area contributed by atoms with Gasteiger partial charge in [0.05, 0.1) is 18.4 Å². The Balaban J connectivity index is 0.00000280. The summed E-state index contributed by atoms with van der Waals surface area (Å²) in [5.74, 6) is 0.720. The van der Waals surface area contributed by atoms with Crippen molar-refractivity contribution in [3.05, 3.63) is 29.8 Å². The van der Waals surface area contributed by atoms with E-state index in [4.69, 9.17) is 4.74 Å². The van der Waals surface area contributed by atoms with Crippen molar-refractivity contribution in [2.24, 2.45) is 4.99 Å². The molecule has 7 nitrogen and oxygen atoms in total. The number of para-hydroxylation sites is 1. The summed E-state index contributed by atoms with van der Waals surface area (Å²) < 4.78 is 32.8. The molecule has 1 aromatic rings. The second-order valence-corrected chi connectivity index (χ2v) is 8.85. The van der Waals surface area contributed by atoms with Crippen molar-refractivity contribution in [2.45, 2.75) is 38.7 Å². The number of halogens is 1. The number of ether oxygens (including phenoxy) is 1. The van der Waals surface area contributed by atoms with Gasteiger partial charge in [-0.1, -0.05) is 18.2 Å². The van der Waals surface area contributed by atoms with E-state index in [0.717, 1.165) is 57.0 Å². The molecule has 1 atom stereocenters. The first-order valence-corrected chi connectivity index (χ1v) is 11.5. The molecule has 158 valence electrons. The van der Waals surface area contributed by atoms with E-state index in [1.54, 1.807) is 0 Å². The maximum atomic E-state index is 12.3. The molecule has 2 aliphatic heterocycles. The van der Waals surface area contributed by atoms with E-state index >= 15 is 0 Å². The van der Waals surface area contributed by atoms with E-state index in [1.165, 1.54) is 5.56 Å². The van der Waals surface area contributed by atoms with Gasteiger partial charge >= 0.3 is 0 Å². The molecule has 2 heterocycles. The molecular formula is C19H31IN4O3S. The normalized spacial score (nSPS) is 19.8. The maximum Gasteiger partial charge on any atom is 0.213 e. The van der Waals surface area contributed by atoms with Gasteiger partial charge in [0.25, 0.3) is 0 Å². The Bertz CT molecular complexity index is 751. The minimum Gasteiger partial charge on any atom is -0.377 e. The molecule has 1 unspecified atom stereocenters. The summed E-state index contributed by atoms with van der Waals surface area (Å²) in [7, 11) is -3.36. The largest absolute Gasteiger partial charge is 0.377 e. The van der Waals surface area contributed by atoms with Crippen LogP contribution in [-0.4, -0.2) is 59.0 Å². The molecule has 2 N–H and O–H groups in total. The number of fused-ring (bicyclic) bond motifs is 1. The van der Waals surface area contributed by atoms with Gasteiger partial charge in [-0.25, -0.2) is 13.1 Å². The zero-order chi connectivity index (χ0) is 19.1. The Kier molecular flexibility index (Phi) is 9.45. The molecule has 2 aliphatic rings. The summed E-state index contributed by atoms with van der Waals surface area (Å²) in [6.45, 7) is 4.91. The van der Waals surface area contributed by atoms with E-state index < -0.39 is 10.0 Å². The standard InChI is InChI=1S/C19H30N4O3S.HI/c1-2-20-19(23-12-10-16-7-3-4-9-18(16)23)21-11-14-27(24,25)22-15-17-8-5-6-13-26-17;/h3-4,7,9,17,22H,2,5-6,8,10-15H2,1H3,(H,20,21);1H. The monoisotopic (exact) mass is 522 g/mol. The number of guanidine groups is 1. The number of benzene rings is 1. The molecule has 9 heteroatoms. The molecule has 0 aromatic heterocycles. The van der Waals surface area contributed by atoms with E-state index in [9.17, 15) is 8.42 Å². The molecule has 3 rings (SSSR count). The number of aliphatic imine (C=N–C) groups is 1. The van der Waals surface area contributed by atoms with E-state index in [1.807, 2.05) is 19.1 Å². The zero-order valence-corrected chi connectivity index (χ0v) is 19.5. The average Bonchev–Trinajstić information content (AvgIpc) is 3.11. The van der Waals surface area contributed by atoms with Crippen LogP contribution in [0.2, 0.25) is 0 Å². The van der Waals surface area contributed by atoms with Gasteiger partial charge in [0, 0.05) is 31.9 Å². The second kappa shape index (κ2) is 11.3. The van der Waals surface area contributed by atoms with Crippen LogP contribution >= 0.6 is 24.0 Å². The lowest BCUT2D eigenvalue weighted by atomic mass is 10.1. The lowest BCUT2D eigenvalue weighted by molar-refractivity contribution is 0.0200. The predicted molar refractivity (Wildman–Crippen MR) is 124 cm³/mol. The van der Waals surface area contributed by atoms with Crippen LogP contribution in [0, 0.1) is 0 Å². The Morgan fingerprint density at radius 2 is 2.14 bits per heavy atom. The highest BCUT2D eigenvalue weighted by molar-refractivity contribution is 14.0. The molecule has 0 saturated carbocycles. The average molecular weight is 522 g/mol. The fourth-order valence-corrected chi connectivity index (χ4v) is 4.40. The van der Waals surface area contributed by atoms with E-state index in [0.29, 0.717) is 6.54 Å². The zero-order valence-electron chi connectivity index (χ0n) is 16.4. The Morgan fingerprint density at radius 3 is 2.89 bits per heavy atom. The maximum absolute atomic E-state index is 12.3. The third kappa shape index (κ3) is 6.57. The van der Waals surface area contributed by atoms with E-state index in [-0.39, 0.29) is 42.4 Å². The van der Waals surface area contributed by atoms with Gasteiger partial charge in [0.2, 0.25) is 10.0 Å². The van der Waals surface area contributed by atoms with Gasteiger partial charge < -0.3 is 15.0 Å². The van der Waals surface area contributed by atoms with E-state index in [2.05, 4.69) is 32.1 Å². The number of nitrogens with one attached hydrogen (secondary N) is 2. The Morgan fingerprint density at radius 1 is 1.32 bits per heavy atom. The number of hydrogen-bond acceptors (Lipinski definition) is 4. The molecule has 1 saturated heterocycles. The topological polar surface area (TPSA) is 83.0 Å². The van der Waals surface area contributed by atoms with Crippen LogP contribution < -0.4 is 14.9 Å². The molecule has 0 radical (unpaired) electrons. The van der Waals surface area contributed by atoms with Crippen molar-refractivity contribution >= 4 is 45.6 Å². The summed E-state index contributed by atoms with van der Waals surface area (Å²) in [4.78, 5) is 6.69. The highest BCUT2D eigenvalue weighted by Crippen LogP contribution is 2.27. The number of nitrogens with zero attached hydrogens (tertiary/aromatic N) is 2. The first-order chi connectivity index (χ1) is 13.1. The SMILES string of the molecule is CCNC(=NCCS(=O)(=O)NCC1CCCCO1)N1CCc2ccccc21.I. The first kappa shape index (κ1) is 23.4. The third-order valence-electron chi connectivity index (χ3n) is 4.90. The van der Waals surface area contributed by atoms with Crippen molar-refractivity contribution in [1.82, 2.24) is 10.0 Å². The second-order valence-electron chi connectivity index (χ2n) is 6.92. The number of anilines is 1. The summed E-state index contributed by atoms with van der Waals surface area (Å²) in [5.41, 5.74) is 2.44. The number of sulfonamides is 1. The van der Waals surface area contributed by atoms with Crippen molar-refractivity contribution in [3.63, 3.8) is 0 Å². The molecule has 0 bridgehead atoms.